The molecule has 0 bridgehead atoms. The molecule has 0 radical (unpaired) electrons. The SMILES string of the molecule is O=C(C=C1Sc2cc(Br)c(Br)cc2S1)c1cccs1. The van der Waals surface area contributed by atoms with Gasteiger partial charge in [-0.2, -0.15) is 0 Å². The van der Waals surface area contributed by atoms with Gasteiger partial charge in [0, 0.05) is 24.8 Å². The molecule has 0 atom stereocenters. The minimum Gasteiger partial charge on any atom is -0.288 e. The number of benzene rings is 1. The molecule has 1 aromatic carbocycles. The maximum Gasteiger partial charge on any atom is 0.197 e. The second kappa shape index (κ2) is 5.77. The van der Waals surface area contributed by atoms with Crippen molar-refractivity contribution in [2.75, 3.05) is 0 Å². The number of rotatable bonds is 2. The summed E-state index contributed by atoms with van der Waals surface area (Å²) in [7, 11) is 0. The predicted molar refractivity (Wildman–Crippen MR) is 90.3 cm³/mol. The van der Waals surface area contributed by atoms with Crippen molar-refractivity contribution in [1.29, 1.82) is 0 Å². The highest BCUT2D eigenvalue weighted by atomic mass is 79.9. The first-order chi connectivity index (χ1) is 9.13. The van der Waals surface area contributed by atoms with Gasteiger partial charge in [-0.05, 0) is 55.4 Å². The molecule has 0 N–H and O–H groups in total. The quantitative estimate of drug-likeness (QED) is 0.414. The number of thioether (sulfide) groups is 2. The van der Waals surface area contributed by atoms with Crippen LogP contribution >= 0.6 is 66.7 Å². The Bertz CT molecular complexity index is 644. The first-order valence-corrected chi connectivity index (χ1v) is 9.37. The molecule has 2 aromatic rings. The highest BCUT2D eigenvalue weighted by Crippen LogP contribution is 2.52. The fourth-order valence-corrected chi connectivity index (χ4v) is 5.58. The maximum atomic E-state index is 12.0. The summed E-state index contributed by atoms with van der Waals surface area (Å²) in [5, 5.41) is 1.92. The molecule has 0 aliphatic carbocycles. The smallest absolute Gasteiger partial charge is 0.197 e. The molecule has 19 heavy (non-hydrogen) atoms. The number of thiophene rings is 1. The van der Waals surface area contributed by atoms with Crippen LogP contribution in [-0.2, 0) is 0 Å². The van der Waals surface area contributed by atoms with Crippen molar-refractivity contribution >= 4 is 72.5 Å². The average molecular weight is 434 g/mol. The highest BCUT2D eigenvalue weighted by molar-refractivity contribution is 9.13. The Morgan fingerprint density at radius 1 is 1.11 bits per heavy atom. The Labute approximate surface area is 140 Å². The lowest BCUT2D eigenvalue weighted by molar-refractivity contribution is 0.105. The van der Waals surface area contributed by atoms with Crippen LogP contribution in [0.3, 0.4) is 0 Å². The van der Waals surface area contributed by atoms with Crippen molar-refractivity contribution in [3.63, 3.8) is 0 Å². The van der Waals surface area contributed by atoms with Crippen LogP contribution in [0, 0.1) is 0 Å². The summed E-state index contributed by atoms with van der Waals surface area (Å²) in [6.45, 7) is 0. The number of allylic oxidation sites excluding steroid dienone is 1. The summed E-state index contributed by atoms with van der Waals surface area (Å²) in [6, 6.07) is 7.91. The maximum absolute atomic E-state index is 12.0. The normalized spacial score (nSPS) is 13.5. The third-order valence-electron chi connectivity index (χ3n) is 2.42. The largest absolute Gasteiger partial charge is 0.288 e. The van der Waals surface area contributed by atoms with Crippen molar-refractivity contribution in [3.05, 3.63) is 53.8 Å². The predicted octanol–water partition coefficient (Wildman–Crippen LogP) is 6.20. The minimum atomic E-state index is 0.0796. The van der Waals surface area contributed by atoms with Crippen molar-refractivity contribution < 1.29 is 4.79 Å². The standard InChI is InChI=1S/C13H6Br2OS3/c14-7-4-11-12(5-8(7)15)19-13(18-11)6-9(16)10-2-1-3-17-10/h1-6H. The summed E-state index contributed by atoms with van der Waals surface area (Å²) < 4.78 is 3.09. The number of hydrogen-bond donors (Lipinski definition) is 0. The monoisotopic (exact) mass is 432 g/mol. The molecule has 0 saturated carbocycles. The second-order valence-corrected chi connectivity index (χ2v) is 8.80. The molecule has 0 saturated heterocycles. The molecule has 6 heteroatoms. The van der Waals surface area contributed by atoms with Gasteiger partial charge in [-0.15, -0.1) is 11.3 Å². The van der Waals surface area contributed by atoms with Gasteiger partial charge < -0.3 is 0 Å². The minimum absolute atomic E-state index is 0.0796. The van der Waals surface area contributed by atoms with Gasteiger partial charge in [-0.1, -0.05) is 29.6 Å². The van der Waals surface area contributed by atoms with E-state index < -0.39 is 0 Å². The van der Waals surface area contributed by atoms with Gasteiger partial charge in [-0.3, -0.25) is 4.79 Å². The van der Waals surface area contributed by atoms with E-state index in [4.69, 9.17) is 0 Å². The highest BCUT2D eigenvalue weighted by Gasteiger charge is 2.20. The zero-order valence-electron chi connectivity index (χ0n) is 9.35. The van der Waals surface area contributed by atoms with Gasteiger partial charge in [0.25, 0.3) is 0 Å². The molecule has 2 heterocycles. The summed E-state index contributed by atoms with van der Waals surface area (Å²) in [5.41, 5.74) is 0. The van der Waals surface area contributed by atoms with Gasteiger partial charge in [0.15, 0.2) is 5.78 Å². The first-order valence-electron chi connectivity index (χ1n) is 5.28. The fourth-order valence-electron chi connectivity index (χ4n) is 1.56. The van der Waals surface area contributed by atoms with E-state index >= 15 is 0 Å². The van der Waals surface area contributed by atoms with Crippen molar-refractivity contribution in [3.8, 4) is 0 Å². The Kier molecular flexibility index (Phi) is 4.24. The number of hydrogen-bond acceptors (Lipinski definition) is 4. The van der Waals surface area contributed by atoms with E-state index in [1.807, 2.05) is 17.5 Å². The van der Waals surface area contributed by atoms with E-state index in [0.29, 0.717) is 0 Å². The molecule has 96 valence electrons. The molecule has 3 rings (SSSR count). The molecule has 0 unspecified atom stereocenters. The summed E-state index contributed by atoms with van der Waals surface area (Å²) in [5.74, 6) is 0.0796. The zero-order chi connectivity index (χ0) is 13.4. The van der Waals surface area contributed by atoms with E-state index in [1.165, 1.54) is 21.1 Å². The summed E-state index contributed by atoms with van der Waals surface area (Å²) in [6.07, 6.45) is 1.73. The van der Waals surface area contributed by atoms with Gasteiger partial charge in [-0.25, -0.2) is 0 Å². The summed E-state index contributed by atoms with van der Waals surface area (Å²) >= 11 is 11.8. The van der Waals surface area contributed by atoms with Crippen LogP contribution in [0.1, 0.15) is 9.67 Å². The van der Waals surface area contributed by atoms with Crippen molar-refractivity contribution in [2.45, 2.75) is 9.79 Å². The number of carbonyl (C=O) groups excluding carboxylic acids is 1. The molecule has 1 nitrogen and oxygen atoms in total. The van der Waals surface area contributed by atoms with Crippen LogP contribution < -0.4 is 0 Å². The molecule has 1 aromatic heterocycles. The van der Waals surface area contributed by atoms with E-state index in [2.05, 4.69) is 44.0 Å². The lowest BCUT2D eigenvalue weighted by Gasteiger charge is -1.99. The molecule has 0 fully saturated rings. The Balaban J connectivity index is 1.86. The Morgan fingerprint density at radius 3 is 2.26 bits per heavy atom. The van der Waals surface area contributed by atoms with E-state index in [9.17, 15) is 4.79 Å². The number of carbonyl (C=O) groups is 1. The lowest BCUT2D eigenvalue weighted by atomic mass is 10.3. The molecular weight excluding hydrogens is 428 g/mol. The van der Waals surface area contributed by atoms with Crippen LogP contribution in [0.4, 0.5) is 0 Å². The van der Waals surface area contributed by atoms with Crippen LogP contribution in [0.5, 0.6) is 0 Å². The van der Waals surface area contributed by atoms with Gasteiger partial charge >= 0.3 is 0 Å². The Morgan fingerprint density at radius 2 is 1.74 bits per heavy atom. The van der Waals surface area contributed by atoms with E-state index in [-0.39, 0.29) is 5.78 Å². The van der Waals surface area contributed by atoms with Crippen molar-refractivity contribution in [2.24, 2.45) is 0 Å². The van der Waals surface area contributed by atoms with Gasteiger partial charge in [0.2, 0.25) is 0 Å². The van der Waals surface area contributed by atoms with E-state index in [1.54, 1.807) is 29.6 Å². The van der Waals surface area contributed by atoms with Crippen LogP contribution in [0.2, 0.25) is 0 Å². The average Bonchev–Trinajstić information content (AvgIpc) is 2.98. The molecule has 0 spiro atoms. The lowest BCUT2D eigenvalue weighted by Crippen LogP contribution is -1.89. The third-order valence-corrected chi connectivity index (χ3v) is 7.53. The Hall–Kier alpha value is -0.0100. The molecule has 0 amide bonds. The second-order valence-electron chi connectivity index (χ2n) is 3.72. The van der Waals surface area contributed by atoms with E-state index in [0.717, 1.165) is 18.1 Å². The number of fused-ring (bicyclic) bond motifs is 1. The van der Waals surface area contributed by atoms with Gasteiger partial charge in [0.05, 0.1) is 9.11 Å². The summed E-state index contributed by atoms with van der Waals surface area (Å²) in [4.78, 5) is 15.2. The topological polar surface area (TPSA) is 17.1 Å². The van der Waals surface area contributed by atoms with Crippen molar-refractivity contribution in [1.82, 2.24) is 0 Å². The third kappa shape index (κ3) is 3.03. The zero-order valence-corrected chi connectivity index (χ0v) is 15.0. The number of ketones is 1. The van der Waals surface area contributed by atoms with Crippen LogP contribution in [0.15, 0.2) is 58.7 Å². The first kappa shape index (κ1) is 13.9. The van der Waals surface area contributed by atoms with Crippen LogP contribution in [-0.4, -0.2) is 5.78 Å². The number of halogens is 2. The molecule has 1 aliphatic heterocycles. The van der Waals surface area contributed by atoms with Gasteiger partial charge in [0.1, 0.15) is 0 Å². The van der Waals surface area contributed by atoms with Crippen LogP contribution in [0.25, 0.3) is 0 Å². The molecular formula is C13H6Br2OS3. The fraction of sp³-hybridized carbons (Fsp3) is 0. The molecule has 1 aliphatic rings.